The first-order valence-corrected chi connectivity index (χ1v) is 6.98. The van der Waals surface area contributed by atoms with Crippen LogP contribution in [0.15, 0.2) is 18.3 Å². The van der Waals surface area contributed by atoms with Gasteiger partial charge >= 0.3 is 5.97 Å². The van der Waals surface area contributed by atoms with Crippen LogP contribution in [0.5, 0.6) is 0 Å². The van der Waals surface area contributed by atoms with Gasteiger partial charge in [0.25, 0.3) is 0 Å². The summed E-state index contributed by atoms with van der Waals surface area (Å²) in [5.74, 6) is -0.286. The Bertz CT molecular complexity index is 480. The Morgan fingerprint density at radius 1 is 1.45 bits per heavy atom. The molecule has 0 saturated heterocycles. The number of hydrogen-bond donors (Lipinski definition) is 2. The van der Waals surface area contributed by atoms with Gasteiger partial charge in [-0.15, -0.1) is 0 Å². The number of methoxy groups -OCH3 is 1. The molecule has 2 atom stereocenters. The van der Waals surface area contributed by atoms with Crippen LogP contribution in [-0.2, 0) is 9.53 Å². The highest BCUT2D eigenvalue weighted by Gasteiger charge is 2.24. The number of ether oxygens (including phenoxy) is 1. The number of carbonyl (C=O) groups excluding carboxylic acids is 2. The van der Waals surface area contributed by atoms with E-state index in [4.69, 9.17) is 0 Å². The van der Waals surface area contributed by atoms with Gasteiger partial charge in [0.15, 0.2) is 10.8 Å². The molecule has 0 aliphatic rings. The predicted molar refractivity (Wildman–Crippen MR) is 74.3 cm³/mol. The van der Waals surface area contributed by atoms with Crippen LogP contribution in [-0.4, -0.2) is 45.2 Å². The second kappa shape index (κ2) is 7.98. The number of aromatic nitrogens is 1. The summed E-state index contributed by atoms with van der Waals surface area (Å²) >= 11 is 1.07. The normalized spacial score (nSPS) is 13.6. The van der Waals surface area contributed by atoms with Gasteiger partial charge in [-0.2, -0.15) is 0 Å². The van der Waals surface area contributed by atoms with E-state index in [-0.39, 0.29) is 22.8 Å². The van der Waals surface area contributed by atoms with Crippen LogP contribution in [0.3, 0.4) is 0 Å². The highest BCUT2D eigenvalue weighted by atomic mass is 32.2. The van der Waals surface area contributed by atoms with Crippen molar-refractivity contribution in [3.05, 3.63) is 29.6 Å². The molecule has 0 bridgehead atoms. The SMILES string of the molecule is COC(=O)c1ncccc1C(O)C(O)CCSC(C)=O. The van der Waals surface area contributed by atoms with Gasteiger partial charge in [0.1, 0.15) is 6.10 Å². The minimum Gasteiger partial charge on any atom is -0.464 e. The lowest BCUT2D eigenvalue weighted by atomic mass is 10.0. The third-order valence-electron chi connectivity index (χ3n) is 2.62. The average molecular weight is 299 g/mol. The third kappa shape index (κ3) is 4.59. The van der Waals surface area contributed by atoms with E-state index in [0.29, 0.717) is 5.75 Å². The highest BCUT2D eigenvalue weighted by molar-refractivity contribution is 8.13. The molecule has 0 radical (unpaired) electrons. The summed E-state index contributed by atoms with van der Waals surface area (Å²) in [5.41, 5.74) is 0.181. The maximum Gasteiger partial charge on any atom is 0.357 e. The van der Waals surface area contributed by atoms with Crippen LogP contribution < -0.4 is 0 Å². The molecule has 0 aliphatic heterocycles. The van der Waals surface area contributed by atoms with Gasteiger partial charge in [-0.05, 0) is 12.5 Å². The molecule has 0 spiro atoms. The minimum absolute atomic E-state index is 0.0271. The van der Waals surface area contributed by atoms with Gasteiger partial charge in [0.05, 0.1) is 13.2 Å². The van der Waals surface area contributed by atoms with Crippen molar-refractivity contribution in [2.45, 2.75) is 25.6 Å². The second-order valence-corrected chi connectivity index (χ2v) is 5.35. The predicted octanol–water partition coefficient (Wildman–Crippen LogP) is 0.932. The largest absolute Gasteiger partial charge is 0.464 e. The van der Waals surface area contributed by atoms with Crippen molar-refractivity contribution in [3.63, 3.8) is 0 Å². The summed E-state index contributed by atoms with van der Waals surface area (Å²) in [5, 5.41) is 19.9. The van der Waals surface area contributed by atoms with Crippen molar-refractivity contribution in [3.8, 4) is 0 Å². The molecule has 7 heteroatoms. The number of aliphatic hydroxyl groups is 2. The van der Waals surface area contributed by atoms with E-state index in [0.717, 1.165) is 11.8 Å². The standard InChI is InChI=1S/C13H17NO5S/c1-8(15)20-7-5-10(16)12(17)9-4-3-6-14-11(9)13(18)19-2/h3-4,6,10,12,16-17H,5,7H2,1-2H3. The topological polar surface area (TPSA) is 96.7 Å². The van der Waals surface area contributed by atoms with Gasteiger partial charge in [-0.1, -0.05) is 17.8 Å². The molecular formula is C13H17NO5S. The van der Waals surface area contributed by atoms with E-state index < -0.39 is 18.2 Å². The lowest BCUT2D eigenvalue weighted by Gasteiger charge is -2.19. The molecule has 0 fully saturated rings. The lowest BCUT2D eigenvalue weighted by Crippen LogP contribution is -2.22. The average Bonchev–Trinajstić information content (AvgIpc) is 2.45. The van der Waals surface area contributed by atoms with Gasteiger partial charge in [0, 0.05) is 24.4 Å². The number of nitrogens with zero attached hydrogens (tertiary/aromatic N) is 1. The fourth-order valence-electron chi connectivity index (χ4n) is 1.61. The number of hydrogen-bond acceptors (Lipinski definition) is 7. The summed E-state index contributed by atoms with van der Waals surface area (Å²) in [7, 11) is 1.22. The van der Waals surface area contributed by atoms with Crippen molar-refractivity contribution in [1.82, 2.24) is 4.98 Å². The maximum atomic E-state index is 11.5. The van der Waals surface area contributed by atoms with Crippen molar-refractivity contribution < 1.29 is 24.5 Å². The third-order valence-corrected chi connectivity index (χ3v) is 3.47. The van der Waals surface area contributed by atoms with Crippen LogP contribution >= 0.6 is 11.8 Å². The van der Waals surface area contributed by atoms with Crippen molar-refractivity contribution >= 4 is 22.8 Å². The number of esters is 1. The van der Waals surface area contributed by atoms with E-state index in [1.807, 2.05) is 0 Å². The van der Waals surface area contributed by atoms with E-state index in [1.165, 1.54) is 26.3 Å². The molecule has 1 aromatic rings. The molecule has 0 aliphatic carbocycles. The van der Waals surface area contributed by atoms with Crippen LogP contribution in [0.25, 0.3) is 0 Å². The zero-order valence-electron chi connectivity index (χ0n) is 11.3. The molecule has 0 saturated carbocycles. The fourth-order valence-corrected chi connectivity index (χ4v) is 2.26. The van der Waals surface area contributed by atoms with Crippen LogP contribution in [0.2, 0.25) is 0 Å². The zero-order chi connectivity index (χ0) is 15.1. The van der Waals surface area contributed by atoms with Crippen molar-refractivity contribution in [2.24, 2.45) is 0 Å². The van der Waals surface area contributed by atoms with Crippen LogP contribution in [0, 0.1) is 0 Å². The van der Waals surface area contributed by atoms with Crippen molar-refractivity contribution in [2.75, 3.05) is 12.9 Å². The Morgan fingerprint density at radius 2 is 2.15 bits per heavy atom. The van der Waals surface area contributed by atoms with Gasteiger partial charge in [-0.25, -0.2) is 9.78 Å². The first kappa shape index (κ1) is 16.6. The number of rotatable bonds is 6. The Morgan fingerprint density at radius 3 is 2.75 bits per heavy atom. The first-order valence-electron chi connectivity index (χ1n) is 6.00. The van der Waals surface area contributed by atoms with E-state index in [9.17, 15) is 19.8 Å². The zero-order valence-corrected chi connectivity index (χ0v) is 12.1. The molecule has 0 aromatic carbocycles. The van der Waals surface area contributed by atoms with Gasteiger partial charge in [0.2, 0.25) is 0 Å². The summed E-state index contributed by atoms with van der Waals surface area (Å²) in [6.45, 7) is 1.43. The summed E-state index contributed by atoms with van der Waals surface area (Å²) in [6.07, 6.45) is -0.721. The molecular weight excluding hydrogens is 282 g/mol. The Balaban J connectivity index is 2.78. The molecule has 1 heterocycles. The molecule has 1 rings (SSSR count). The summed E-state index contributed by atoms with van der Waals surface area (Å²) in [6, 6.07) is 3.06. The van der Waals surface area contributed by atoms with Crippen LogP contribution in [0.4, 0.5) is 0 Å². The second-order valence-electron chi connectivity index (χ2n) is 4.07. The minimum atomic E-state index is -1.26. The Hall–Kier alpha value is -1.44. The lowest BCUT2D eigenvalue weighted by molar-refractivity contribution is -0.109. The summed E-state index contributed by atoms with van der Waals surface area (Å²) in [4.78, 5) is 26.2. The number of aliphatic hydroxyl groups excluding tert-OH is 2. The van der Waals surface area contributed by atoms with Crippen molar-refractivity contribution in [1.29, 1.82) is 0 Å². The van der Waals surface area contributed by atoms with E-state index in [2.05, 4.69) is 9.72 Å². The van der Waals surface area contributed by atoms with E-state index in [1.54, 1.807) is 6.07 Å². The fraction of sp³-hybridized carbons (Fsp3) is 0.462. The molecule has 110 valence electrons. The van der Waals surface area contributed by atoms with Gasteiger partial charge < -0.3 is 14.9 Å². The molecule has 1 aromatic heterocycles. The summed E-state index contributed by atoms with van der Waals surface area (Å²) < 4.78 is 4.58. The Kier molecular flexibility index (Phi) is 6.63. The Labute approximate surface area is 121 Å². The molecule has 20 heavy (non-hydrogen) atoms. The van der Waals surface area contributed by atoms with Gasteiger partial charge in [-0.3, -0.25) is 4.79 Å². The van der Waals surface area contributed by atoms with E-state index >= 15 is 0 Å². The number of carbonyl (C=O) groups is 2. The molecule has 6 nitrogen and oxygen atoms in total. The molecule has 2 N–H and O–H groups in total. The van der Waals surface area contributed by atoms with Crippen LogP contribution in [0.1, 0.15) is 35.5 Å². The highest BCUT2D eigenvalue weighted by Crippen LogP contribution is 2.23. The number of thioether (sulfide) groups is 1. The monoisotopic (exact) mass is 299 g/mol. The maximum absolute atomic E-state index is 11.5. The number of pyridine rings is 1. The molecule has 2 unspecified atom stereocenters. The quantitative estimate of drug-likeness (QED) is 0.754. The molecule has 0 amide bonds. The first-order chi connectivity index (χ1) is 9.47. The smallest absolute Gasteiger partial charge is 0.357 e.